The molecule has 0 bridgehead atoms. The third-order valence-electron chi connectivity index (χ3n) is 7.71. The van der Waals surface area contributed by atoms with Crippen molar-refractivity contribution in [1.82, 2.24) is 19.7 Å². The van der Waals surface area contributed by atoms with Gasteiger partial charge in [-0.2, -0.15) is 5.10 Å². The van der Waals surface area contributed by atoms with E-state index in [1.54, 1.807) is 41.5 Å². The molecule has 1 spiro atoms. The number of pyridine rings is 1. The van der Waals surface area contributed by atoms with Gasteiger partial charge < -0.3 is 9.47 Å². The van der Waals surface area contributed by atoms with E-state index in [-0.39, 0.29) is 11.3 Å². The van der Waals surface area contributed by atoms with Crippen LogP contribution >= 0.6 is 0 Å². The van der Waals surface area contributed by atoms with E-state index >= 15 is 0 Å². The van der Waals surface area contributed by atoms with Crippen molar-refractivity contribution in [2.75, 3.05) is 6.54 Å². The molecule has 3 fully saturated rings. The molecule has 0 radical (unpaired) electrons. The van der Waals surface area contributed by atoms with Crippen molar-refractivity contribution in [1.29, 1.82) is 0 Å². The summed E-state index contributed by atoms with van der Waals surface area (Å²) >= 11 is 0. The average molecular weight is 523 g/mol. The monoisotopic (exact) mass is 522 g/mol. The third-order valence-corrected chi connectivity index (χ3v) is 7.71. The normalized spacial score (nSPS) is 24.9. The molecule has 2 aromatic rings. The maximum atomic E-state index is 12.9. The van der Waals surface area contributed by atoms with Gasteiger partial charge in [-0.1, -0.05) is 6.07 Å². The van der Waals surface area contributed by atoms with E-state index in [2.05, 4.69) is 23.0 Å². The first-order valence-electron chi connectivity index (χ1n) is 14.0. The summed E-state index contributed by atoms with van der Waals surface area (Å²) in [5.41, 5.74) is 3.31. The Morgan fingerprint density at radius 3 is 2.13 bits per heavy atom. The van der Waals surface area contributed by atoms with Crippen LogP contribution in [-0.2, 0) is 9.47 Å². The molecular weight excluding hydrogens is 480 g/mol. The van der Waals surface area contributed by atoms with Gasteiger partial charge in [0.15, 0.2) is 0 Å². The molecule has 3 saturated carbocycles. The van der Waals surface area contributed by atoms with Crippen LogP contribution in [0.25, 0.3) is 11.3 Å². The van der Waals surface area contributed by atoms with E-state index in [4.69, 9.17) is 19.6 Å². The molecule has 0 aromatic carbocycles. The Labute approximate surface area is 226 Å². The molecule has 0 unspecified atom stereocenters. The van der Waals surface area contributed by atoms with Gasteiger partial charge in [0.2, 0.25) is 0 Å². The zero-order chi connectivity index (χ0) is 27.5. The zero-order valence-corrected chi connectivity index (χ0v) is 23.9. The molecule has 0 atom stereocenters. The Morgan fingerprint density at radius 1 is 1.00 bits per heavy atom. The summed E-state index contributed by atoms with van der Waals surface area (Å²) in [5, 5.41) is 5.05. The second kappa shape index (κ2) is 9.38. The average Bonchev–Trinajstić information content (AvgIpc) is 3.47. The molecule has 5 rings (SSSR count). The van der Waals surface area contributed by atoms with Crippen LogP contribution in [0.15, 0.2) is 24.4 Å². The SMILES string of the molecule is Cc1cccc(-c2cn(C3CC4(CC(CN(C(=O)OC(C)(C)C)C(=O)OC(C)(C)C)C4)C3)nc2C2CC2)n1. The molecule has 3 aliphatic carbocycles. The zero-order valence-electron chi connectivity index (χ0n) is 23.9. The van der Waals surface area contributed by atoms with Crippen LogP contribution in [0.4, 0.5) is 9.59 Å². The van der Waals surface area contributed by atoms with E-state index in [0.717, 1.165) is 42.0 Å². The fourth-order valence-electron chi connectivity index (χ4n) is 6.01. The molecule has 0 saturated heterocycles. The van der Waals surface area contributed by atoms with Gasteiger partial charge in [0.25, 0.3) is 0 Å². The number of imide groups is 1. The smallest absolute Gasteiger partial charge is 0.419 e. The Hall–Kier alpha value is -2.90. The molecule has 0 N–H and O–H groups in total. The summed E-state index contributed by atoms with van der Waals surface area (Å²) < 4.78 is 13.2. The number of ether oxygens (including phenoxy) is 2. The lowest BCUT2D eigenvalue weighted by atomic mass is 9.50. The third kappa shape index (κ3) is 5.89. The summed E-state index contributed by atoms with van der Waals surface area (Å²) in [6.45, 7) is 13.2. The molecule has 3 aliphatic rings. The number of aromatic nitrogens is 3. The Balaban J connectivity index is 1.21. The highest BCUT2D eigenvalue weighted by Crippen LogP contribution is 2.63. The van der Waals surface area contributed by atoms with Crippen molar-refractivity contribution < 1.29 is 19.1 Å². The molecule has 2 heterocycles. The largest absolute Gasteiger partial charge is 0.443 e. The highest BCUT2D eigenvalue weighted by atomic mass is 16.6. The number of carbonyl (C=O) groups is 2. The summed E-state index contributed by atoms with van der Waals surface area (Å²) in [7, 11) is 0. The van der Waals surface area contributed by atoms with E-state index < -0.39 is 23.4 Å². The minimum Gasteiger partial charge on any atom is -0.443 e. The molecular formula is C30H42N4O4. The predicted octanol–water partition coefficient (Wildman–Crippen LogP) is 7.03. The lowest BCUT2D eigenvalue weighted by Gasteiger charge is -2.58. The first-order chi connectivity index (χ1) is 17.7. The number of hydrogen-bond acceptors (Lipinski definition) is 6. The molecule has 206 valence electrons. The van der Waals surface area contributed by atoms with Crippen molar-refractivity contribution >= 4 is 12.2 Å². The van der Waals surface area contributed by atoms with Crippen LogP contribution in [0.1, 0.15) is 103 Å². The summed E-state index contributed by atoms with van der Waals surface area (Å²) in [4.78, 5) is 31.6. The van der Waals surface area contributed by atoms with Crippen molar-refractivity contribution in [2.45, 2.75) is 110 Å². The molecule has 38 heavy (non-hydrogen) atoms. The van der Waals surface area contributed by atoms with E-state index in [1.165, 1.54) is 24.1 Å². The van der Waals surface area contributed by atoms with Crippen LogP contribution in [0.3, 0.4) is 0 Å². The quantitative estimate of drug-likeness (QED) is 0.419. The van der Waals surface area contributed by atoms with Crippen LogP contribution in [-0.4, -0.2) is 49.6 Å². The van der Waals surface area contributed by atoms with E-state index in [0.29, 0.717) is 18.5 Å². The summed E-state index contributed by atoms with van der Waals surface area (Å²) in [6.07, 6.45) is 7.49. The topological polar surface area (TPSA) is 86.5 Å². The van der Waals surface area contributed by atoms with Gasteiger partial charge in [0.05, 0.1) is 17.4 Å². The van der Waals surface area contributed by atoms with Gasteiger partial charge >= 0.3 is 12.2 Å². The number of rotatable bonds is 5. The highest BCUT2D eigenvalue weighted by molar-refractivity contribution is 5.88. The van der Waals surface area contributed by atoms with Gasteiger partial charge in [0, 0.05) is 29.9 Å². The Bertz CT molecular complexity index is 1180. The van der Waals surface area contributed by atoms with Gasteiger partial charge in [0.1, 0.15) is 11.2 Å². The van der Waals surface area contributed by atoms with Crippen molar-refractivity contribution in [3.05, 3.63) is 35.8 Å². The summed E-state index contributed by atoms with van der Waals surface area (Å²) in [6, 6.07) is 6.57. The molecule has 2 aromatic heterocycles. The number of nitrogens with zero attached hydrogens (tertiary/aromatic N) is 4. The van der Waals surface area contributed by atoms with Crippen molar-refractivity contribution in [3.8, 4) is 11.3 Å². The van der Waals surface area contributed by atoms with Crippen LogP contribution in [0.2, 0.25) is 0 Å². The summed E-state index contributed by atoms with van der Waals surface area (Å²) in [5.74, 6) is 0.810. The number of carbonyl (C=O) groups excluding carboxylic acids is 2. The Kier molecular flexibility index (Phi) is 6.59. The maximum Gasteiger partial charge on any atom is 0.419 e. The number of aryl methyl sites for hydroxylation is 1. The standard InChI is InChI=1S/C30H42N4O4/c1-19-9-8-10-24(31-19)23-18-34(32-25(23)21-11-12-21)22-15-30(16-22)13-20(14-30)17-33(26(35)37-28(2,3)4)27(36)38-29(5,6)7/h8-10,18,20-22H,11-17H2,1-7H3. The second-order valence-corrected chi connectivity index (χ2v) is 13.8. The maximum absolute atomic E-state index is 12.9. The first kappa shape index (κ1) is 26.7. The van der Waals surface area contributed by atoms with Crippen molar-refractivity contribution in [3.63, 3.8) is 0 Å². The second-order valence-electron chi connectivity index (χ2n) is 13.8. The molecule has 8 heteroatoms. The van der Waals surface area contributed by atoms with Crippen LogP contribution in [0.5, 0.6) is 0 Å². The fraction of sp³-hybridized carbons (Fsp3) is 0.667. The van der Waals surface area contributed by atoms with E-state index in [9.17, 15) is 9.59 Å². The van der Waals surface area contributed by atoms with Crippen LogP contribution in [0, 0.1) is 18.3 Å². The lowest BCUT2D eigenvalue weighted by molar-refractivity contribution is -0.0759. The molecule has 0 aliphatic heterocycles. The lowest BCUT2D eigenvalue weighted by Crippen LogP contribution is -2.53. The van der Waals surface area contributed by atoms with Crippen molar-refractivity contribution in [2.24, 2.45) is 11.3 Å². The first-order valence-corrected chi connectivity index (χ1v) is 14.0. The van der Waals surface area contributed by atoms with Gasteiger partial charge in [-0.3, -0.25) is 9.67 Å². The number of hydrogen-bond donors (Lipinski definition) is 0. The number of amides is 2. The molecule has 2 amide bonds. The van der Waals surface area contributed by atoms with Gasteiger partial charge in [-0.05, 0) is 110 Å². The highest BCUT2D eigenvalue weighted by Gasteiger charge is 2.54. The van der Waals surface area contributed by atoms with Crippen LogP contribution < -0.4 is 0 Å². The predicted molar refractivity (Wildman–Crippen MR) is 145 cm³/mol. The van der Waals surface area contributed by atoms with E-state index in [1.807, 2.05) is 13.0 Å². The van der Waals surface area contributed by atoms with Gasteiger partial charge in [-0.25, -0.2) is 14.5 Å². The Morgan fingerprint density at radius 2 is 1.61 bits per heavy atom. The minimum absolute atomic E-state index is 0.252. The fourth-order valence-corrected chi connectivity index (χ4v) is 6.01. The minimum atomic E-state index is -0.685. The molecule has 8 nitrogen and oxygen atoms in total. The van der Waals surface area contributed by atoms with Gasteiger partial charge in [-0.15, -0.1) is 0 Å².